The Labute approximate surface area is 130 Å². The Morgan fingerprint density at radius 2 is 2.27 bits per heavy atom. The summed E-state index contributed by atoms with van der Waals surface area (Å²) in [4.78, 5) is 11.9. The van der Waals surface area contributed by atoms with Gasteiger partial charge in [0.25, 0.3) is 5.03 Å². The van der Waals surface area contributed by atoms with Crippen LogP contribution in [0.4, 0.5) is 5.69 Å². The second kappa shape index (κ2) is 6.14. The number of benzene rings is 1. The van der Waals surface area contributed by atoms with Crippen LogP contribution in [0.25, 0.3) is 0 Å². The lowest BCUT2D eigenvalue weighted by Gasteiger charge is -2.05. The Bertz CT molecular complexity index is 683. The first-order valence-electron chi connectivity index (χ1n) is 6.49. The van der Waals surface area contributed by atoms with Gasteiger partial charge in [0, 0.05) is 23.9 Å². The molecule has 1 aliphatic heterocycles. The van der Waals surface area contributed by atoms with Gasteiger partial charge in [-0.25, -0.2) is 0 Å². The zero-order valence-electron chi connectivity index (χ0n) is 11.7. The van der Waals surface area contributed by atoms with Gasteiger partial charge in [0.05, 0.1) is 5.27 Å². The standard InChI is InChI=1S/C13H13N3O5S/c1-16-12(13(18)21-15-16)22-5-4-11(17)14-8-2-3-9-10(6-8)20-7-19-9/h2-3,6H,4-5,7H2,1H3,(H-,14,15,17,18). The number of fused-ring (bicyclic) bond motifs is 1. The highest BCUT2D eigenvalue weighted by atomic mass is 32.2. The summed E-state index contributed by atoms with van der Waals surface area (Å²) in [5.74, 6) is 1.07. The van der Waals surface area contributed by atoms with E-state index in [0.29, 0.717) is 28.0 Å². The zero-order valence-corrected chi connectivity index (χ0v) is 12.5. The molecule has 1 N–H and O–H groups in total. The molecule has 0 atom stereocenters. The minimum absolute atomic E-state index is 0.155. The van der Waals surface area contributed by atoms with Gasteiger partial charge in [0.15, 0.2) is 24.5 Å². The Hall–Kier alpha value is -2.42. The highest BCUT2D eigenvalue weighted by Crippen LogP contribution is 2.34. The van der Waals surface area contributed by atoms with Crippen LogP contribution >= 0.6 is 11.8 Å². The Morgan fingerprint density at radius 3 is 3.05 bits per heavy atom. The van der Waals surface area contributed by atoms with Crippen molar-refractivity contribution in [2.75, 3.05) is 17.9 Å². The third kappa shape index (κ3) is 3.08. The number of aromatic nitrogens is 2. The molecular weight excluding hydrogens is 310 g/mol. The van der Waals surface area contributed by atoms with Gasteiger partial charge >= 0.3 is 0 Å². The molecule has 1 aliphatic rings. The number of hydrogen-bond donors (Lipinski definition) is 1. The Morgan fingerprint density at radius 1 is 1.45 bits per heavy atom. The molecule has 0 bridgehead atoms. The van der Waals surface area contributed by atoms with E-state index in [9.17, 15) is 9.90 Å². The highest BCUT2D eigenvalue weighted by Gasteiger charge is 2.16. The predicted octanol–water partition coefficient (Wildman–Crippen LogP) is 0.422. The number of ether oxygens (including phenoxy) is 2. The molecule has 2 aromatic rings. The number of thioether (sulfide) groups is 1. The maximum absolute atomic E-state index is 11.9. The number of carbonyl (C=O) groups excluding carboxylic acids is 1. The predicted molar refractivity (Wildman–Crippen MR) is 73.7 cm³/mol. The van der Waals surface area contributed by atoms with Crippen LogP contribution < -0.4 is 24.6 Å². The van der Waals surface area contributed by atoms with Crippen molar-refractivity contribution in [1.82, 2.24) is 5.27 Å². The number of anilines is 1. The molecule has 0 saturated heterocycles. The molecule has 0 aliphatic carbocycles. The SMILES string of the molecule is C[n+]1noc([O-])c1SCCC(=O)Nc1ccc2c(c1)OCO2. The first kappa shape index (κ1) is 14.5. The van der Waals surface area contributed by atoms with Crippen LogP contribution in [0, 0.1) is 0 Å². The number of amides is 1. The summed E-state index contributed by atoms with van der Waals surface area (Å²) in [6, 6.07) is 5.20. The summed E-state index contributed by atoms with van der Waals surface area (Å²) < 4.78 is 16.3. The molecule has 116 valence electrons. The van der Waals surface area contributed by atoms with Crippen molar-refractivity contribution in [1.29, 1.82) is 0 Å². The second-order valence-electron chi connectivity index (χ2n) is 4.50. The lowest BCUT2D eigenvalue weighted by atomic mass is 10.2. The van der Waals surface area contributed by atoms with E-state index >= 15 is 0 Å². The fourth-order valence-electron chi connectivity index (χ4n) is 1.90. The Kier molecular flexibility index (Phi) is 4.05. The maximum Gasteiger partial charge on any atom is 0.290 e. The lowest BCUT2D eigenvalue weighted by molar-refractivity contribution is -0.772. The topological polar surface area (TPSA) is 101 Å². The minimum atomic E-state index is -0.497. The fraction of sp³-hybridized carbons (Fsp3) is 0.308. The van der Waals surface area contributed by atoms with Gasteiger partial charge in [0.2, 0.25) is 12.7 Å². The number of aryl methyl sites for hydroxylation is 1. The van der Waals surface area contributed by atoms with E-state index < -0.39 is 5.95 Å². The van der Waals surface area contributed by atoms with E-state index in [1.807, 2.05) is 0 Å². The summed E-state index contributed by atoms with van der Waals surface area (Å²) in [5, 5.41) is 18.0. The highest BCUT2D eigenvalue weighted by molar-refractivity contribution is 7.99. The molecule has 0 spiro atoms. The largest absolute Gasteiger partial charge is 0.538 e. The van der Waals surface area contributed by atoms with Crippen LogP contribution in [0.1, 0.15) is 6.42 Å². The normalized spacial score (nSPS) is 12.4. The summed E-state index contributed by atoms with van der Waals surface area (Å²) >= 11 is 1.23. The first-order valence-corrected chi connectivity index (χ1v) is 7.47. The van der Waals surface area contributed by atoms with Crippen LogP contribution in [0.5, 0.6) is 17.4 Å². The molecule has 1 amide bonds. The maximum atomic E-state index is 11.9. The summed E-state index contributed by atoms with van der Waals surface area (Å²) in [6.07, 6.45) is 0.254. The third-order valence-electron chi connectivity index (χ3n) is 2.94. The van der Waals surface area contributed by atoms with E-state index in [-0.39, 0.29) is 19.1 Å². The molecule has 9 heteroatoms. The van der Waals surface area contributed by atoms with E-state index in [0.717, 1.165) is 0 Å². The summed E-state index contributed by atoms with van der Waals surface area (Å²) in [6.45, 7) is 0.191. The molecule has 1 aromatic heterocycles. The molecule has 3 rings (SSSR count). The van der Waals surface area contributed by atoms with Crippen molar-refractivity contribution >= 4 is 23.4 Å². The van der Waals surface area contributed by atoms with Crippen LogP contribution in [0.3, 0.4) is 0 Å². The fourth-order valence-corrected chi connectivity index (χ4v) is 2.75. The van der Waals surface area contributed by atoms with Gasteiger partial charge in [-0.05, 0) is 12.1 Å². The average Bonchev–Trinajstić information content (AvgIpc) is 3.07. The first-order chi connectivity index (χ1) is 10.6. The quantitative estimate of drug-likeness (QED) is 0.628. The van der Waals surface area contributed by atoms with Crippen LogP contribution in [-0.4, -0.2) is 23.7 Å². The third-order valence-corrected chi connectivity index (χ3v) is 4.05. The number of carbonyl (C=O) groups is 1. The van der Waals surface area contributed by atoms with Crippen molar-refractivity contribution < 1.29 is 28.6 Å². The second-order valence-corrected chi connectivity index (χ2v) is 5.59. The van der Waals surface area contributed by atoms with E-state index in [1.165, 1.54) is 16.4 Å². The van der Waals surface area contributed by atoms with E-state index in [2.05, 4.69) is 15.1 Å². The van der Waals surface area contributed by atoms with E-state index in [1.54, 1.807) is 25.2 Å². The smallest absolute Gasteiger partial charge is 0.290 e. The zero-order chi connectivity index (χ0) is 15.5. The lowest BCUT2D eigenvalue weighted by Crippen LogP contribution is -2.32. The summed E-state index contributed by atoms with van der Waals surface area (Å²) in [7, 11) is 1.61. The van der Waals surface area contributed by atoms with Gasteiger partial charge in [-0.2, -0.15) is 0 Å². The molecule has 8 nitrogen and oxygen atoms in total. The molecule has 22 heavy (non-hydrogen) atoms. The van der Waals surface area contributed by atoms with Gasteiger partial charge in [-0.15, -0.1) is 0 Å². The van der Waals surface area contributed by atoms with Crippen molar-refractivity contribution in [2.45, 2.75) is 11.4 Å². The molecule has 0 unspecified atom stereocenters. The molecular formula is C13H13N3O5S. The van der Waals surface area contributed by atoms with Crippen molar-refractivity contribution in [2.24, 2.45) is 7.05 Å². The van der Waals surface area contributed by atoms with Gasteiger partial charge in [0.1, 0.15) is 0 Å². The summed E-state index contributed by atoms with van der Waals surface area (Å²) in [5.41, 5.74) is 0.638. The molecule has 2 heterocycles. The van der Waals surface area contributed by atoms with Crippen molar-refractivity contribution in [3.63, 3.8) is 0 Å². The minimum Gasteiger partial charge on any atom is -0.538 e. The monoisotopic (exact) mass is 323 g/mol. The van der Waals surface area contributed by atoms with Crippen LogP contribution in [-0.2, 0) is 11.8 Å². The average molecular weight is 323 g/mol. The number of nitrogens with zero attached hydrogens (tertiary/aromatic N) is 2. The van der Waals surface area contributed by atoms with Crippen molar-refractivity contribution in [3.8, 4) is 17.4 Å². The van der Waals surface area contributed by atoms with E-state index in [4.69, 9.17) is 9.47 Å². The molecule has 1 aromatic carbocycles. The molecule has 0 fully saturated rings. The van der Waals surface area contributed by atoms with Crippen molar-refractivity contribution in [3.05, 3.63) is 18.2 Å². The molecule has 0 saturated carbocycles. The Balaban J connectivity index is 1.50. The number of rotatable bonds is 5. The van der Waals surface area contributed by atoms with Gasteiger partial charge in [-0.1, -0.05) is 16.4 Å². The van der Waals surface area contributed by atoms with Gasteiger partial charge < -0.3 is 24.4 Å². The number of nitrogens with one attached hydrogen (secondary N) is 1. The van der Waals surface area contributed by atoms with Gasteiger partial charge in [-0.3, -0.25) is 4.79 Å². The van der Waals surface area contributed by atoms with Crippen LogP contribution in [0.2, 0.25) is 0 Å². The van der Waals surface area contributed by atoms with Crippen LogP contribution in [0.15, 0.2) is 27.7 Å². The number of hydrogen-bond acceptors (Lipinski definition) is 7. The molecule has 0 radical (unpaired) electrons.